The molecule has 11 heavy (non-hydrogen) atoms. The molecule has 0 amide bonds. The zero-order valence-electron chi connectivity index (χ0n) is 6.90. The average molecular weight is 140 g/mol. The van der Waals surface area contributed by atoms with Crippen molar-refractivity contribution in [3.63, 3.8) is 0 Å². The first-order valence-corrected chi connectivity index (χ1v) is 3.78. The summed E-state index contributed by atoms with van der Waals surface area (Å²) in [6.45, 7) is 2.04. The van der Waals surface area contributed by atoms with Crippen molar-refractivity contribution < 1.29 is 0 Å². The standard InChI is InChI=1S/C6H6.C2H5B3/c1-2-4-6-5-3-1;1-2-4-5-3/h1-6H;2H2,1H3. The molecule has 4 radical (unpaired) electrons. The van der Waals surface area contributed by atoms with E-state index in [0.717, 1.165) is 6.32 Å². The fraction of sp³-hybridized carbons (Fsp3) is 0.250. The minimum Gasteiger partial charge on any atom is -0.0923 e. The predicted molar refractivity (Wildman–Crippen MR) is 54.2 cm³/mol. The van der Waals surface area contributed by atoms with Crippen molar-refractivity contribution in [3.8, 4) is 0 Å². The third-order valence-electron chi connectivity index (χ3n) is 1.04. The monoisotopic (exact) mass is 140 g/mol. The zero-order valence-corrected chi connectivity index (χ0v) is 6.90. The molecule has 0 heterocycles. The van der Waals surface area contributed by atoms with Gasteiger partial charge in [-0.1, -0.05) is 49.6 Å². The fourth-order valence-corrected chi connectivity index (χ4v) is 0.521. The first kappa shape index (κ1) is 10.4. The minimum atomic E-state index is 1.04. The highest BCUT2D eigenvalue weighted by molar-refractivity contribution is 7.23. The molecular weight excluding hydrogens is 129 g/mol. The van der Waals surface area contributed by atoms with Gasteiger partial charge in [0.2, 0.25) is 0 Å². The van der Waals surface area contributed by atoms with Crippen LogP contribution in [0.4, 0.5) is 0 Å². The normalized spacial score (nSPS) is 7.36. The fourth-order valence-electron chi connectivity index (χ4n) is 0.521. The molecule has 0 N–H and O–H groups in total. The first-order chi connectivity index (χ1) is 5.41. The Hall–Kier alpha value is -0.585. The molecule has 0 atom stereocenters. The van der Waals surface area contributed by atoms with Crippen LogP contribution < -0.4 is 0 Å². The van der Waals surface area contributed by atoms with Gasteiger partial charge < -0.3 is 0 Å². The Labute approximate surface area is 72.3 Å². The van der Waals surface area contributed by atoms with E-state index in [4.69, 9.17) is 7.74 Å². The summed E-state index contributed by atoms with van der Waals surface area (Å²) in [4.78, 5) is 0. The molecule has 0 nitrogen and oxygen atoms in total. The third-order valence-corrected chi connectivity index (χ3v) is 1.04. The van der Waals surface area contributed by atoms with Crippen molar-refractivity contribution in [2.45, 2.75) is 13.2 Å². The molecule has 0 bridgehead atoms. The Balaban J connectivity index is 0.000000187. The summed E-state index contributed by atoms with van der Waals surface area (Å²) in [6.07, 6.45) is 1.04. The van der Waals surface area contributed by atoms with E-state index in [9.17, 15) is 0 Å². The molecular formula is C8H11B3. The molecule has 0 fully saturated rings. The zero-order chi connectivity index (χ0) is 8.36. The van der Waals surface area contributed by atoms with E-state index in [-0.39, 0.29) is 0 Å². The lowest BCUT2D eigenvalue weighted by atomic mass is 9.27. The van der Waals surface area contributed by atoms with Crippen LogP contribution in [0, 0.1) is 0 Å². The van der Waals surface area contributed by atoms with Crippen LogP contribution in [-0.2, 0) is 0 Å². The Bertz CT molecular complexity index is 113. The second-order valence-corrected chi connectivity index (χ2v) is 1.99. The van der Waals surface area contributed by atoms with E-state index >= 15 is 0 Å². The van der Waals surface area contributed by atoms with Crippen molar-refractivity contribution in [2.75, 3.05) is 0 Å². The van der Waals surface area contributed by atoms with Gasteiger partial charge in [0.15, 0.2) is 0 Å². The quantitative estimate of drug-likeness (QED) is 0.545. The molecule has 0 aromatic heterocycles. The minimum absolute atomic E-state index is 1.04. The average Bonchev–Trinajstić information content (AvgIpc) is 2.10. The van der Waals surface area contributed by atoms with E-state index in [1.807, 2.05) is 50.5 Å². The van der Waals surface area contributed by atoms with Crippen LogP contribution in [0.3, 0.4) is 0 Å². The topological polar surface area (TPSA) is 0 Å². The Morgan fingerprint density at radius 3 is 1.45 bits per heavy atom. The van der Waals surface area contributed by atoms with Crippen molar-refractivity contribution in [3.05, 3.63) is 36.4 Å². The predicted octanol–water partition coefficient (Wildman–Crippen LogP) is 1.52. The molecule has 0 saturated heterocycles. The number of benzene rings is 1. The Kier molecular flexibility index (Phi) is 8.91. The van der Waals surface area contributed by atoms with E-state index in [1.54, 1.807) is 7.06 Å². The summed E-state index contributed by atoms with van der Waals surface area (Å²) < 4.78 is 0. The molecule has 0 aliphatic rings. The van der Waals surface area contributed by atoms with Crippen molar-refractivity contribution in [2.24, 2.45) is 0 Å². The molecule has 0 aliphatic carbocycles. The molecule has 0 saturated carbocycles. The number of hydrogen-bond donors (Lipinski definition) is 0. The van der Waals surface area contributed by atoms with Crippen LogP contribution in [0.15, 0.2) is 36.4 Å². The van der Waals surface area contributed by atoms with E-state index in [0.29, 0.717) is 0 Å². The Morgan fingerprint density at radius 2 is 1.36 bits per heavy atom. The third kappa shape index (κ3) is 9.41. The van der Waals surface area contributed by atoms with Gasteiger partial charge in [-0.15, -0.1) is 0 Å². The maximum atomic E-state index is 4.96. The molecule has 52 valence electrons. The van der Waals surface area contributed by atoms with Crippen LogP contribution in [0.5, 0.6) is 0 Å². The van der Waals surface area contributed by atoms with Crippen LogP contribution in [0.25, 0.3) is 0 Å². The summed E-state index contributed by atoms with van der Waals surface area (Å²) in [6, 6.07) is 12.0. The lowest BCUT2D eigenvalue weighted by Gasteiger charge is -1.74. The SMILES string of the molecule is [B][B][B]CC.c1ccccc1. The highest BCUT2D eigenvalue weighted by atomic mass is 13.6. The molecule has 3 heteroatoms. The molecule has 0 aliphatic heterocycles. The molecule has 0 spiro atoms. The summed E-state index contributed by atoms with van der Waals surface area (Å²) in [5, 5.41) is 0. The van der Waals surface area contributed by atoms with Crippen LogP contribution >= 0.6 is 0 Å². The van der Waals surface area contributed by atoms with Gasteiger partial charge in [-0.3, -0.25) is 0 Å². The maximum Gasteiger partial charge on any atom is 0.0541 e. The van der Waals surface area contributed by atoms with Crippen LogP contribution in [-0.4, -0.2) is 22.0 Å². The number of rotatable bonds is 2. The van der Waals surface area contributed by atoms with Crippen LogP contribution in [0.2, 0.25) is 6.32 Å². The van der Waals surface area contributed by atoms with Crippen LogP contribution in [0.1, 0.15) is 6.92 Å². The van der Waals surface area contributed by atoms with Crippen molar-refractivity contribution in [1.82, 2.24) is 0 Å². The first-order valence-electron chi connectivity index (χ1n) is 3.78. The van der Waals surface area contributed by atoms with Gasteiger partial charge in [-0.05, 0) is 0 Å². The van der Waals surface area contributed by atoms with Crippen molar-refractivity contribution in [1.29, 1.82) is 0 Å². The summed E-state index contributed by atoms with van der Waals surface area (Å²) >= 11 is 0. The van der Waals surface area contributed by atoms with Gasteiger partial charge in [-0.25, -0.2) is 0 Å². The molecule has 1 aromatic carbocycles. The van der Waals surface area contributed by atoms with Gasteiger partial charge in [-0.2, -0.15) is 0 Å². The highest BCUT2D eigenvalue weighted by Crippen LogP contribution is 1.79. The Morgan fingerprint density at radius 1 is 1.00 bits per heavy atom. The lowest BCUT2D eigenvalue weighted by Crippen LogP contribution is -1.98. The summed E-state index contributed by atoms with van der Waals surface area (Å²) in [5.74, 6) is 0. The molecule has 0 unspecified atom stereocenters. The molecule has 1 rings (SSSR count). The van der Waals surface area contributed by atoms with Gasteiger partial charge >= 0.3 is 0 Å². The van der Waals surface area contributed by atoms with Gasteiger partial charge in [0.1, 0.15) is 0 Å². The van der Waals surface area contributed by atoms with Crippen molar-refractivity contribution >= 4 is 22.0 Å². The second-order valence-electron chi connectivity index (χ2n) is 1.99. The highest BCUT2D eigenvalue weighted by Gasteiger charge is 1.73. The van der Waals surface area contributed by atoms with Gasteiger partial charge in [0.25, 0.3) is 0 Å². The van der Waals surface area contributed by atoms with Gasteiger partial charge in [0, 0.05) is 14.8 Å². The lowest BCUT2D eigenvalue weighted by molar-refractivity contribution is 1.47. The summed E-state index contributed by atoms with van der Waals surface area (Å²) in [5.41, 5.74) is 0. The van der Waals surface area contributed by atoms with Gasteiger partial charge in [0.05, 0.1) is 7.17 Å². The largest absolute Gasteiger partial charge is 0.0923 e. The number of hydrogen-bond acceptors (Lipinski definition) is 0. The smallest absolute Gasteiger partial charge is 0.0541 e. The summed E-state index contributed by atoms with van der Waals surface area (Å²) in [7, 11) is 8.42. The van der Waals surface area contributed by atoms with E-state index < -0.39 is 0 Å². The van der Waals surface area contributed by atoms with E-state index in [1.165, 1.54) is 0 Å². The second kappa shape index (κ2) is 9.41. The van der Waals surface area contributed by atoms with E-state index in [2.05, 4.69) is 0 Å². The molecule has 1 aromatic rings. The maximum absolute atomic E-state index is 4.96.